The van der Waals surface area contributed by atoms with Crippen LogP contribution in [-0.2, 0) is 0 Å². The molecule has 64 valence electrons. The fraction of sp³-hybridized carbons (Fsp3) is 1.00. The average molecular weight is 157 g/mol. The summed E-state index contributed by atoms with van der Waals surface area (Å²) in [6, 6.07) is 0. The van der Waals surface area contributed by atoms with Crippen LogP contribution in [0.1, 0.15) is 38.5 Å². The van der Waals surface area contributed by atoms with Crippen LogP contribution >= 0.6 is 0 Å². The number of nitrogens with two attached hydrogens (primary N) is 1. The van der Waals surface area contributed by atoms with Gasteiger partial charge in [0.15, 0.2) is 0 Å². The minimum Gasteiger partial charge on any atom is -0.323 e. The maximum Gasteiger partial charge on any atom is 0.121 e. The summed E-state index contributed by atoms with van der Waals surface area (Å²) in [6.45, 7) is 0. The van der Waals surface area contributed by atoms with Gasteiger partial charge in [-0.15, -0.1) is 0 Å². The summed E-state index contributed by atoms with van der Waals surface area (Å²) in [4.78, 5) is 0. The number of hydrogen-bond acceptors (Lipinski definition) is 1. The Morgan fingerprint density at radius 3 is 2.27 bits per heavy atom. The molecule has 2 aliphatic rings. The zero-order chi connectivity index (χ0) is 7.90. The van der Waals surface area contributed by atoms with Gasteiger partial charge in [-0.2, -0.15) is 0 Å². The van der Waals surface area contributed by atoms with E-state index >= 15 is 0 Å². The molecule has 0 aromatic heterocycles. The van der Waals surface area contributed by atoms with Crippen molar-refractivity contribution in [1.29, 1.82) is 0 Å². The van der Waals surface area contributed by atoms with Gasteiger partial charge in [-0.3, -0.25) is 0 Å². The molecule has 1 nitrogen and oxygen atoms in total. The molecule has 1 atom stereocenters. The van der Waals surface area contributed by atoms with Crippen molar-refractivity contribution >= 4 is 0 Å². The summed E-state index contributed by atoms with van der Waals surface area (Å²) in [5, 5.41) is 0. The zero-order valence-electron chi connectivity index (χ0n) is 6.85. The predicted octanol–water partition coefficient (Wildman–Crippen LogP) is 2.01. The molecule has 2 saturated carbocycles. The first kappa shape index (κ1) is 7.53. The van der Waals surface area contributed by atoms with Crippen LogP contribution in [0.25, 0.3) is 0 Å². The minimum atomic E-state index is -0.704. The van der Waals surface area contributed by atoms with E-state index in [9.17, 15) is 4.39 Å². The Labute approximate surface area is 67.2 Å². The van der Waals surface area contributed by atoms with Crippen molar-refractivity contribution in [2.24, 2.45) is 11.7 Å². The molecule has 0 aromatic rings. The largest absolute Gasteiger partial charge is 0.323 e. The second kappa shape index (κ2) is 2.44. The summed E-state index contributed by atoms with van der Waals surface area (Å²) in [6.07, 6.45) is 5.67. The summed E-state index contributed by atoms with van der Waals surface area (Å²) < 4.78 is 13.6. The van der Waals surface area contributed by atoms with Crippen LogP contribution in [-0.4, -0.2) is 11.7 Å². The zero-order valence-corrected chi connectivity index (χ0v) is 6.85. The Kier molecular flexibility index (Phi) is 1.67. The maximum atomic E-state index is 13.6. The van der Waals surface area contributed by atoms with E-state index in [1.54, 1.807) is 0 Å². The van der Waals surface area contributed by atoms with Crippen molar-refractivity contribution in [2.75, 3.05) is 0 Å². The first-order valence-electron chi connectivity index (χ1n) is 4.65. The maximum absolute atomic E-state index is 13.6. The second-order valence-corrected chi connectivity index (χ2v) is 4.18. The molecule has 2 N–H and O–H groups in total. The fourth-order valence-electron chi connectivity index (χ4n) is 2.14. The molecule has 0 spiro atoms. The first-order chi connectivity index (χ1) is 5.22. The molecule has 0 radical (unpaired) electrons. The molecule has 0 aromatic carbocycles. The Balaban J connectivity index is 1.93. The van der Waals surface area contributed by atoms with E-state index in [0.717, 1.165) is 25.7 Å². The van der Waals surface area contributed by atoms with E-state index < -0.39 is 11.7 Å². The van der Waals surface area contributed by atoms with Crippen LogP contribution in [0, 0.1) is 5.92 Å². The van der Waals surface area contributed by atoms with E-state index in [1.165, 1.54) is 12.8 Å². The molecule has 0 amide bonds. The van der Waals surface area contributed by atoms with Crippen molar-refractivity contribution in [1.82, 2.24) is 0 Å². The topological polar surface area (TPSA) is 26.0 Å². The number of halogens is 1. The molecule has 0 saturated heterocycles. The van der Waals surface area contributed by atoms with Gasteiger partial charge in [-0.25, -0.2) is 4.39 Å². The smallest absolute Gasteiger partial charge is 0.121 e. The van der Waals surface area contributed by atoms with Gasteiger partial charge in [-0.05, 0) is 31.6 Å². The first-order valence-corrected chi connectivity index (χ1v) is 4.65. The van der Waals surface area contributed by atoms with Crippen LogP contribution < -0.4 is 5.73 Å². The molecular weight excluding hydrogens is 141 g/mol. The third-order valence-corrected chi connectivity index (χ3v) is 3.19. The lowest BCUT2D eigenvalue weighted by Crippen LogP contribution is -2.38. The van der Waals surface area contributed by atoms with Crippen LogP contribution in [0.2, 0.25) is 0 Å². The van der Waals surface area contributed by atoms with Crippen molar-refractivity contribution in [3.63, 3.8) is 0 Å². The highest BCUT2D eigenvalue weighted by atomic mass is 19.1. The van der Waals surface area contributed by atoms with Gasteiger partial charge < -0.3 is 5.73 Å². The highest BCUT2D eigenvalue weighted by Crippen LogP contribution is 2.44. The van der Waals surface area contributed by atoms with Crippen LogP contribution in [0.3, 0.4) is 0 Å². The van der Waals surface area contributed by atoms with Gasteiger partial charge >= 0.3 is 0 Å². The number of hydrogen-bond donors (Lipinski definition) is 1. The molecule has 0 aliphatic heterocycles. The lowest BCUT2D eigenvalue weighted by molar-refractivity contribution is 0.181. The quantitative estimate of drug-likeness (QED) is 0.652. The van der Waals surface area contributed by atoms with E-state index in [2.05, 4.69) is 0 Å². The summed E-state index contributed by atoms with van der Waals surface area (Å²) in [5.74, 6) is 0.294. The summed E-state index contributed by atoms with van der Waals surface area (Å²) >= 11 is 0. The Morgan fingerprint density at radius 1 is 1.27 bits per heavy atom. The van der Waals surface area contributed by atoms with Crippen molar-refractivity contribution in [3.8, 4) is 0 Å². The fourth-order valence-corrected chi connectivity index (χ4v) is 2.14. The SMILES string of the molecule is NC1(C(F)C2CCCC2)CC1. The molecule has 1 unspecified atom stereocenters. The van der Waals surface area contributed by atoms with Crippen LogP contribution in [0.15, 0.2) is 0 Å². The third kappa shape index (κ3) is 1.28. The van der Waals surface area contributed by atoms with Crippen molar-refractivity contribution in [2.45, 2.75) is 50.2 Å². The van der Waals surface area contributed by atoms with Gasteiger partial charge in [0, 0.05) is 5.54 Å². The molecule has 2 aliphatic carbocycles. The highest BCUT2D eigenvalue weighted by molar-refractivity contribution is 5.07. The monoisotopic (exact) mass is 157 g/mol. The van der Waals surface area contributed by atoms with Gasteiger partial charge in [-0.1, -0.05) is 12.8 Å². The van der Waals surface area contributed by atoms with Crippen molar-refractivity contribution in [3.05, 3.63) is 0 Å². The minimum absolute atomic E-state index is 0.294. The average Bonchev–Trinajstić information content (AvgIpc) is 2.54. The molecule has 2 fully saturated rings. The van der Waals surface area contributed by atoms with E-state index in [-0.39, 0.29) is 0 Å². The Morgan fingerprint density at radius 2 is 1.82 bits per heavy atom. The van der Waals surface area contributed by atoms with E-state index in [4.69, 9.17) is 5.73 Å². The number of rotatable bonds is 2. The lowest BCUT2D eigenvalue weighted by atomic mass is 9.95. The molecular formula is C9H16FN. The van der Waals surface area contributed by atoms with Crippen LogP contribution in [0.5, 0.6) is 0 Å². The van der Waals surface area contributed by atoms with Gasteiger partial charge in [0.2, 0.25) is 0 Å². The van der Waals surface area contributed by atoms with Crippen LogP contribution in [0.4, 0.5) is 4.39 Å². The standard InChI is InChI=1S/C9H16FN/c10-8(9(11)5-6-9)7-3-1-2-4-7/h7-8H,1-6,11H2. The molecule has 11 heavy (non-hydrogen) atoms. The van der Waals surface area contributed by atoms with E-state index in [0.29, 0.717) is 5.92 Å². The van der Waals surface area contributed by atoms with Gasteiger partial charge in [0.25, 0.3) is 0 Å². The lowest BCUT2D eigenvalue weighted by Gasteiger charge is -2.20. The molecule has 2 rings (SSSR count). The summed E-state index contributed by atoms with van der Waals surface area (Å²) in [7, 11) is 0. The normalized spacial score (nSPS) is 32.2. The highest BCUT2D eigenvalue weighted by Gasteiger charge is 2.49. The van der Waals surface area contributed by atoms with E-state index in [1.807, 2.05) is 0 Å². The molecule has 0 heterocycles. The Bertz CT molecular complexity index is 148. The second-order valence-electron chi connectivity index (χ2n) is 4.18. The number of alkyl halides is 1. The van der Waals surface area contributed by atoms with Gasteiger partial charge in [0.1, 0.15) is 6.17 Å². The molecule has 0 bridgehead atoms. The predicted molar refractivity (Wildman–Crippen MR) is 43.0 cm³/mol. The Hall–Kier alpha value is -0.110. The van der Waals surface area contributed by atoms with Gasteiger partial charge in [0.05, 0.1) is 0 Å². The third-order valence-electron chi connectivity index (χ3n) is 3.19. The summed E-state index contributed by atoms with van der Waals surface area (Å²) in [5.41, 5.74) is 5.40. The van der Waals surface area contributed by atoms with Crippen molar-refractivity contribution < 1.29 is 4.39 Å². The molecule has 2 heteroatoms.